The van der Waals surface area contributed by atoms with Crippen molar-refractivity contribution in [3.05, 3.63) is 63.6 Å². The lowest BCUT2D eigenvalue weighted by Gasteiger charge is -2.33. The van der Waals surface area contributed by atoms with Crippen LogP contribution in [0.15, 0.2) is 40.9 Å². The van der Waals surface area contributed by atoms with Gasteiger partial charge in [-0.15, -0.1) is 10.2 Å². The zero-order valence-corrected chi connectivity index (χ0v) is 21.2. The minimum absolute atomic E-state index is 0.0828. The first kappa shape index (κ1) is 23.1. The summed E-state index contributed by atoms with van der Waals surface area (Å²) in [5.41, 5.74) is 3.46. The molecule has 2 aromatic carbocycles. The standard InChI is InChI=1S/C26H23Cl2FN6O2/c27-18-2-1-3-19(28)23(18)24-17(25(37-32-24)13-4-5-13)12-36-22-10-16-8-15(22)11-35(16)21-7-6-14(9-20(21)29)26-30-33-34-31-26/h1-3,6-7,9,13,15-16,22H,4-5,8,10-12H2,(H,30,31,33,34)/t15-,16-,22+/m0/s1. The van der Waals surface area contributed by atoms with Crippen LogP contribution in [0.4, 0.5) is 10.1 Å². The second-order valence-electron chi connectivity index (χ2n) is 10.0. The van der Waals surface area contributed by atoms with Crippen molar-refractivity contribution in [3.63, 3.8) is 0 Å². The SMILES string of the molecule is Fc1cc(-c2nn[nH]n2)ccc1N1C[C@@H]2C[C@H]1C[C@H]2OCc1c(-c2c(Cl)cccc2Cl)noc1C1CC1. The van der Waals surface area contributed by atoms with Crippen molar-refractivity contribution >= 4 is 28.9 Å². The molecule has 0 spiro atoms. The third-order valence-corrected chi connectivity index (χ3v) is 8.38. The second-order valence-corrected chi connectivity index (χ2v) is 10.8. The molecular formula is C26H23Cl2FN6O2. The number of aromatic nitrogens is 5. The summed E-state index contributed by atoms with van der Waals surface area (Å²) in [6.07, 6.45) is 4.05. The Morgan fingerprint density at radius 2 is 1.97 bits per heavy atom. The molecular weight excluding hydrogens is 518 g/mol. The molecule has 0 unspecified atom stereocenters. The minimum Gasteiger partial charge on any atom is -0.373 e. The van der Waals surface area contributed by atoms with Crippen molar-refractivity contribution in [2.75, 3.05) is 11.4 Å². The summed E-state index contributed by atoms with van der Waals surface area (Å²) in [4.78, 5) is 2.16. The molecule has 37 heavy (non-hydrogen) atoms. The maximum Gasteiger partial charge on any atom is 0.204 e. The van der Waals surface area contributed by atoms with Crippen LogP contribution in [0.2, 0.25) is 10.0 Å². The molecule has 2 aromatic heterocycles. The van der Waals surface area contributed by atoms with Crippen LogP contribution in [0.25, 0.3) is 22.6 Å². The summed E-state index contributed by atoms with van der Waals surface area (Å²) in [5, 5.41) is 19.2. The van der Waals surface area contributed by atoms with Gasteiger partial charge in [-0.25, -0.2) is 4.39 Å². The van der Waals surface area contributed by atoms with E-state index in [9.17, 15) is 0 Å². The number of piperidine rings is 1. The number of fused-ring (bicyclic) bond motifs is 2. The lowest BCUT2D eigenvalue weighted by atomic mass is 10.0. The Kier molecular flexibility index (Phi) is 5.67. The van der Waals surface area contributed by atoms with Gasteiger partial charge >= 0.3 is 0 Å². The zero-order chi connectivity index (χ0) is 25.1. The third kappa shape index (κ3) is 4.09. The summed E-state index contributed by atoms with van der Waals surface area (Å²) in [6.45, 7) is 1.13. The van der Waals surface area contributed by atoms with E-state index < -0.39 is 0 Å². The average Bonchev–Trinajstić information content (AvgIpc) is 3.27. The Balaban J connectivity index is 1.07. The number of aromatic amines is 1. The van der Waals surface area contributed by atoms with Gasteiger partial charge in [0.25, 0.3) is 0 Å². The smallest absolute Gasteiger partial charge is 0.204 e. The van der Waals surface area contributed by atoms with Crippen molar-refractivity contribution in [2.45, 2.75) is 50.4 Å². The third-order valence-electron chi connectivity index (χ3n) is 7.75. The van der Waals surface area contributed by atoms with Crippen LogP contribution in [0.5, 0.6) is 0 Å². The lowest BCUT2D eigenvalue weighted by Crippen LogP contribution is -2.39. The van der Waals surface area contributed by atoms with Gasteiger partial charge in [-0.05, 0) is 61.2 Å². The van der Waals surface area contributed by atoms with Gasteiger partial charge in [0.05, 0.1) is 28.4 Å². The quantitative estimate of drug-likeness (QED) is 0.306. The van der Waals surface area contributed by atoms with E-state index >= 15 is 4.39 Å². The van der Waals surface area contributed by atoms with E-state index in [1.165, 1.54) is 6.07 Å². The van der Waals surface area contributed by atoms with E-state index in [1.807, 2.05) is 12.1 Å². The summed E-state index contributed by atoms with van der Waals surface area (Å²) in [7, 11) is 0. The average molecular weight is 541 g/mol. The molecule has 3 fully saturated rings. The molecule has 7 rings (SSSR count). The van der Waals surface area contributed by atoms with E-state index in [0.29, 0.717) is 56.8 Å². The molecule has 2 bridgehead atoms. The predicted octanol–water partition coefficient (Wildman–Crippen LogP) is 6.03. The van der Waals surface area contributed by atoms with Gasteiger partial charge in [0, 0.05) is 41.1 Å². The van der Waals surface area contributed by atoms with E-state index in [4.69, 9.17) is 32.5 Å². The van der Waals surface area contributed by atoms with Crippen LogP contribution in [-0.2, 0) is 11.3 Å². The van der Waals surface area contributed by atoms with Gasteiger partial charge in [0.2, 0.25) is 5.82 Å². The van der Waals surface area contributed by atoms with Gasteiger partial charge in [0.1, 0.15) is 17.3 Å². The van der Waals surface area contributed by atoms with Gasteiger partial charge in [0.15, 0.2) is 0 Å². The number of hydrogen-bond acceptors (Lipinski definition) is 7. The molecule has 1 N–H and O–H groups in total. The fourth-order valence-corrected chi connectivity index (χ4v) is 6.38. The van der Waals surface area contributed by atoms with Gasteiger partial charge < -0.3 is 14.2 Å². The Bertz CT molecular complexity index is 1440. The second kappa shape index (κ2) is 9.08. The Hall–Kier alpha value is -3.01. The zero-order valence-electron chi connectivity index (χ0n) is 19.7. The number of hydrogen-bond donors (Lipinski definition) is 1. The highest BCUT2D eigenvalue weighted by Crippen LogP contribution is 2.47. The molecule has 3 atom stereocenters. The summed E-state index contributed by atoms with van der Waals surface area (Å²) >= 11 is 13.0. The molecule has 3 aliphatic rings. The molecule has 0 amide bonds. The minimum atomic E-state index is -0.285. The molecule has 2 saturated carbocycles. The Morgan fingerprint density at radius 3 is 2.65 bits per heavy atom. The first-order chi connectivity index (χ1) is 18.1. The number of nitrogens with zero attached hydrogens (tertiary/aromatic N) is 5. The number of benzene rings is 2. The van der Waals surface area contributed by atoms with Crippen LogP contribution in [-0.4, -0.2) is 44.5 Å². The molecule has 3 heterocycles. The van der Waals surface area contributed by atoms with Crippen LogP contribution < -0.4 is 4.90 Å². The van der Waals surface area contributed by atoms with Crippen molar-refractivity contribution in [3.8, 4) is 22.6 Å². The van der Waals surface area contributed by atoms with E-state index in [2.05, 4.69) is 30.7 Å². The molecule has 1 aliphatic heterocycles. The van der Waals surface area contributed by atoms with Crippen molar-refractivity contribution < 1.29 is 13.7 Å². The molecule has 0 radical (unpaired) electrons. The monoisotopic (exact) mass is 540 g/mol. The number of nitrogens with one attached hydrogen (secondary N) is 1. The molecule has 8 nitrogen and oxygen atoms in total. The molecule has 4 aromatic rings. The van der Waals surface area contributed by atoms with Crippen LogP contribution in [0.1, 0.15) is 42.9 Å². The summed E-state index contributed by atoms with van der Waals surface area (Å²) in [6, 6.07) is 10.7. The number of halogens is 3. The van der Waals surface area contributed by atoms with Gasteiger partial charge in [-0.3, -0.25) is 0 Å². The number of rotatable bonds is 7. The highest BCUT2D eigenvalue weighted by molar-refractivity contribution is 6.39. The molecule has 2 aliphatic carbocycles. The number of ether oxygens (including phenoxy) is 1. The fraction of sp³-hybridized carbons (Fsp3) is 0.385. The van der Waals surface area contributed by atoms with E-state index in [-0.39, 0.29) is 18.0 Å². The first-order valence-corrected chi connectivity index (χ1v) is 13.2. The van der Waals surface area contributed by atoms with Crippen LogP contribution in [0, 0.1) is 11.7 Å². The van der Waals surface area contributed by atoms with Crippen molar-refractivity contribution in [2.24, 2.45) is 5.92 Å². The number of tetrazole rings is 1. The van der Waals surface area contributed by atoms with Crippen molar-refractivity contribution in [1.82, 2.24) is 25.8 Å². The summed E-state index contributed by atoms with van der Waals surface area (Å²) in [5.74, 6) is 1.65. The maximum atomic E-state index is 15.0. The normalized spacial score (nSPS) is 22.8. The molecule has 11 heteroatoms. The molecule has 190 valence electrons. The van der Waals surface area contributed by atoms with Crippen LogP contribution in [0.3, 0.4) is 0 Å². The highest BCUT2D eigenvalue weighted by atomic mass is 35.5. The number of H-pyrrole nitrogens is 1. The van der Waals surface area contributed by atoms with Gasteiger partial charge in [-0.1, -0.05) is 34.4 Å². The number of anilines is 1. The topological polar surface area (TPSA) is 93.0 Å². The summed E-state index contributed by atoms with van der Waals surface area (Å²) < 4.78 is 27.3. The maximum absolute atomic E-state index is 15.0. The van der Waals surface area contributed by atoms with E-state index in [0.717, 1.165) is 43.6 Å². The van der Waals surface area contributed by atoms with E-state index in [1.54, 1.807) is 18.2 Å². The first-order valence-electron chi connectivity index (χ1n) is 12.4. The van der Waals surface area contributed by atoms with Crippen molar-refractivity contribution in [1.29, 1.82) is 0 Å². The molecule has 1 saturated heterocycles. The Labute approximate surface area is 222 Å². The highest BCUT2D eigenvalue weighted by Gasteiger charge is 2.46. The van der Waals surface area contributed by atoms with Gasteiger partial charge in [-0.2, -0.15) is 5.21 Å². The largest absolute Gasteiger partial charge is 0.373 e. The predicted molar refractivity (Wildman–Crippen MR) is 136 cm³/mol. The fourth-order valence-electron chi connectivity index (χ4n) is 5.81. The lowest BCUT2D eigenvalue weighted by molar-refractivity contribution is 0.0122. The Morgan fingerprint density at radius 1 is 1.14 bits per heavy atom. The van der Waals surface area contributed by atoms with Crippen LogP contribution >= 0.6 is 23.2 Å².